The lowest BCUT2D eigenvalue weighted by Gasteiger charge is -2.24. The fourth-order valence-corrected chi connectivity index (χ4v) is 4.73. The normalized spacial score (nSPS) is 29.3. The van der Waals surface area contributed by atoms with Crippen molar-refractivity contribution in [2.24, 2.45) is 5.92 Å². The average Bonchev–Trinajstić information content (AvgIpc) is 3.05. The first-order valence-electron chi connectivity index (χ1n) is 7.61. The van der Waals surface area contributed by atoms with Gasteiger partial charge in [0.1, 0.15) is 6.04 Å². The first kappa shape index (κ1) is 19.6. The number of sulfonamides is 1. The zero-order valence-electron chi connectivity index (χ0n) is 12.8. The molecule has 2 saturated heterocycles. The predicted molar refractivity (Wildman–Crippen MR) is 86.4 cm³/mol. The third kappa shape index (κ3) is 4.55. The van der Waals surface area contributed by atoms with Crippen molar-refractivity contribution in [1.82, 2.24) is 14.9 Å². The molecule has 2 rings (SSSR count). The van der Waals surface area contributed by atoms with Crippen molar-refractivity contribution >= 4 is 28.3 Å². The Bertz CT molecular complexity index is 474. The van der Waals surface area contributed by atoms with Crippen molar-refractivity contribution in [3.05, 3.63) is 0 Å². The van der Waals surface area contributed by atoms with Crippen LogP contribution in [0, 0.1) is 5.92 Å². The minimum atomic E-state index is -3.34. The van der Waals surface area contributed by atoms with Crippen LogP contribution in [-0.2, 0) is 14.8 Å². The number of hydrogen-bond donors (Lipinski definition) is 3. The number of nitrogens with zero attached hydrogens (tertiary/aromatic N) is 1. The summed E-state index contributed by atoms with van der Waals surface area (Å²) in [7, 11) is -3.34. The summed E-state index contributed by atoms with van der Waals surface area (Å²) >= 11 is 0. The van der Waals surface area contributed by atoms with E-state index in [1.807, 2.05) is 6.92 Å². The third-order valence-corrected chi connectivity index (χ3v) is 6.24. The van der Waals surface area contributed by atoms with Crippen LogP contribution in [0.15, 0.2) is 0 Å². The summed E-state index contributed by atoms with van der Waals surface area (Å²) in [4.78, 5) is 12.3. The zero-order chi connectivity index (χ0) is 15.5. The highest BCUT2D eigenvalue weighted by molar-refractivity contribution is 7.89. The largest absolute Gasteiger partial charge is 0.391 e. The second-order valence-corrected chi connectivity index (χ2v) is 7.86. The van der Waals surface area contributed by atoms with E-state index >= 15 is 0 Å². The summed E-state index contributed by atoms with van der Waals surface area (Å²) in [5.41, 5.74) is 0. The first-order chi connectivity index (χ1) is 9.95. The monoisotopic (exact) mass is 355 g/mol. The van der Waals surface area contributed by atoms with E-state index in [4.69, 9.17) is 0 Å². The number of amides is 1. The van der Waals surface area contributed by atoms with E-state index in [-0.39, 0.29) is 30.0 Å². The number of aliphatic hydroxyl groups is 1. The molecule has 0 aromatic heterocycles. The minimum Gasteiger partial charge on any atom is -0.391 e. The Balaban J connectivity index is 0.00000242. The number of aliphatic hydroxyl groups excluding tert-OH is 1. The van der Waals surface area contributed by atoms with Crippen molar-refractivity contribution in [2.75, 3.05) is 31.9 Å². The SMILES string of the molecule is CCCS(=O)(=O)N1CCCC1C(=O)NCC1CNCC1O.Cl. The summed E-state index contributed by atoms with van der Waals surface area (Å²) in [6, 6.07) is -0.590. The molecule has 2 fully saturated rings. The zero-order valence-corrected chi connectivity index (χ0v) is 14.5. The summed E-state index contributed by atoms with van der Waals surface area (Å²) in [5.74, 6) is -0.162. The molecule has 3 atom stereocenters. The van der Waals surface area contributed by atoms with E-state index in [1.165, 1.54) is 4.31 Å². The van der Waals surface area contributed by atoms with Crippen LogP contribution in [0.1, 0.15) is 26.2 Å². The van der Waals surface area contributed by atoms with Gasteiger partial charge in [0.25, 0.3) is 0 Å². The van der Waals surface area contributed by atoms with Crippen LogP contribution in [0.3, 0.4) is 0 Å². The maximum Gasteiger partial charge on any atom is 0.238 e. The van der Waals surface area contributed by atoms with Crippen LogP contribution in [0.25, 0.3) is 0 Å². The lowest BCUT2D eigenvalue weighted by Crippen LogP contribution is -2.48. The number of halogens is 1. The van der Waals surface area contributed by atoms with E-state index in [0.717, 1.165) is 0 Å². The smallest absolute Gasteiger partial charge is 0.238 e. The number of rotatable bonds is 6. The van der Waals surface area contributed by atoms with E-state index in [1.54, 1.807) is 0 Å². The van der Waals surface area contributed by atoms with Gasteiger partial charge in [-0.1, -0.05) is 6.92 Å². The van der Waals surface area contributed by atoms with Crippen LogP contribution in [0.2, 0.25) is 0 Å². The summed E-state index contributed by atoms with van der Waals surface area (Å²) in [5, 5.41) is 15.6. The van der Waals surface area contributed by atoms with Gasteiger partial charge in [-0.2, -0.15) is 4.31 Å². The maximum atomic E-state index is 12.3. The van der Waals surface area contributed by atoms with Gasteiger partial charge in [0, 0.05) is 32.1 Å². The molecule has 1 amide bonds. The van der Waals surface area contributed by atoms with Gasteiger partial charge < -0.3 is 15.7 Å². The fraction of sp³-hybridized carbons (Fsp3) is 0.923. The number of carbonyl (C=O) groups excluding carboxylic acids is 1. The number of β-amino-alcohol motifs (C(OH)–C–C–N with tert-alkyl or cyclic N) is 1. The highest BCUT2D eigenvalue weighted by Crippen LogP contribution is 2.22. The van der Waals surface area contributed by atoms with Crippen LogP contribution >= 0.6 is 12.4 Å². The Hall–Kier alpha value is -0.410. The summed E-state index contributed by atoms with van der Waals surface area (Å²) in [6.45, 7) is 3.83. The molecule has 2 heterocycles. The number of carbonyl (C=O) groups is 1. The van der Waals surface area contributed by atoms with Crippen molar-refractivity contribution in [3.8, 4) is 0 Å². The Morgan fingerprint density at radius 3 is 2.73 bits per heavy atom. The van der Waals surface area contributed by atoms with Crippen molar-refractivity contribution in [2.45, 2.75) is 38.3 Å². The fourth-order valence-electron chi connectivity index (χ4n) is 2.99. The topological polar surface area (TPSA) is 98.7 Å². The lowest BCUT2D eigenvalue weighted by atomic mass is 10.1. The van der Waals surface area contributed by atoms with E-state index in [0.29, 0.717) is 45.4 Å². The molecule has 0 aromatic carbocycles. The van der Waals surface area contributed by atoms with E-state index in [9.17, 15) is 18.3 Å². The Labute approximate surface area is 138 Å². The van der Waals surface area contributed by atoms with Gasteiger partial charge in [0.15, 0.2) is 0 Å². The molecule has 0 spiro atoms. The Morgan fingerprint density at radius 1 is 1.41 bits per heavy atom. The summed E-state index contributed by atoms with van der Waals surface area (Å²) < 4.78 is 25.7. The van der Waals surface area contributed by atoms with Gasteiger partial charge >= 0.3 is 0 Å². The van der Waals surface area contributed by atoms with Gasteiger partial charge in [-0.15, -0.1) is 12.4 Å². The van der Waals surface area contributed by atoms with Gasteiger partial charge in [0.2, 0.25) is 15.9 Å². The van der Waals surface area contributed by atoms with Crippen molar-refractivity contribution in [1.29, 1.82) is 0 Å². The maximum absolute atomic E-state index is 12.3. The molecule has 9 heteroatoms. The molecule has 0 aromatic rings. The second kappa shape index (κ2) is 8.44. The molecule has 0 radical (unpaired) electrons. The molecule has 0 saturated carbocycles. The van der Waals surface area contributed by atoms with Crippen molar-refractivity contribution in [3.63, 3.8) is 0 Å². The molecule has 3 N–H and O–H groups in total. The lowest BCUT2D eigenvalue weighted by molar-refractivity contribution is -0.124. The molecule has 2 aliphatic heterocycles. The molecule has 0 aliphatic carbocycles. The van der Waals surface area contributed by atoms with Crippen LogP contribution in [0.5, 0.6) is 0 Å². The predicted octanol–water partition coefficient (Wildman–Crippen LogP) is -0.691. The highest BCUT2D eigenvalue weighted by Gasteiger charge is 2.38. The average molecular weight is 356 g/mol. The molecule has 2 aliphatic rings. The Morgan fingerprint density at radius 2 is 2.14 bits per heavy atom. The van der Waals surface area contributed by atoms with E-state index in [2.05, 4.69) is 10.6 Å². The van der Waals surface area contributed by atoms with Gasteiger partial charge in [-0.25, -0.2) is 8.42 Å². The second-order valence-electron chi connectivity index (χ2n) is 5.82. The molecule has 0 bridgehead atoms. The van der Waals surface area contributed by atoms with E-state index < -0.39 is 22.2 Å². The minimum absolute atomic E-state index is 0. The molecule has 7 nitrogen and oxygen atoms in total. The first-order valence-corrected chi connectivity index (χ1v) is 9.22. The number of hydrogen-bond acceptors (Lipinski definition) is 5. The quantitative estimate of drug-likeness (QED) is 0.585. The van der Waals surface area contributed by atoms with Gasteiger partial charge in [-0.05, 0) is 19.3 Å². The third-order valence-electron chi connectivity index (χ3n) is 4.17. The summed E-state index contributed by atoms with van der Waals surface area (Å²) in [6.07, 6.45) is 1.39. The molecular formula is C13H26ClN3O4S. The van der Waals surface area contributed by atoms with Crippen LogP contribution < -0.4 is 10.6 Å². The van der Waals surface area contributed by atoms with Gasteiger partial charge in [0.05, 0.1) is 11.9 Å². The van der Waals surface area contributed by atoms with Crippen molar-refractivity contribution < 1.29 is 18.3 Å². The molecule has 22 heavy (non-hydrogen) atoms. The Kier molecular flexibility index (Phi) is 7.54. The van der Waals surface area contributed by atoms with Crippen LogP contribution in [0.4, 0.5) is 0 Å². The van der Waals surface area contributed by atoms with Gasteiger partial charge in [-0.3, -0.25) is 4.79 Å². The van der Waals surface area contributed by atoms with Crippen LogP contribution in [-0.4, -0.2) is 67.8 Å². The number of nitrogens with one attached hydrogen (secondary N) is 2. The highest BCUT2D eigenvalue weighted by atomic mass is 35.5. The molecular weight excluding hydrogens is 330 g/mol. The molecule has 130 valence electrons. The molecule has 3 unspecified atom stereocenters. The standard InChI is InChI=1S/C13H25N3O4S.ClH/c1-2-6-21(19,20)16-5-3-4-11(16)13(18)15-8-10-7-14-9-12(10)17;/h10-12,14,17H,2-9H2,1H3,(H,15,18);1H.